The second-order valence-electron chi connectivity index (χ2n) is 9.67. The molecular formula is C33H26N2O. The van der Waals surface area contributed by atoms with Crippen molar-refractivity contribution in [2.45, 2.75) is 25.6 Å². The third kappa shape index (κ3) is 3.24. The van der Waals surface area contributed by atoms with Crippen LogP contribution in [0.4, 0.5) is 11.4 Å². The molecule has 1 aliphatic carbocycles. The van der Waals surface area contributed by atoms with Gasteiger partial charge in [0.15, 0.2) is 0 Å². The average molecular weight is 467 g/mol. The fraction of sp³-hybridized carbons (Fsp3) is 0.121. The number of carbonyl (C=O) groups excluding carboxylic acids is 1. The molecule has 5 aromatic carbocycles. The van der Waals surface area contributed by atoms with Gasteiger partial charge in [-0.3, -0.25) is 9.69 Å². The fourth-order valence-electron chi connectivity index (χ4n) is 6.02. The monoisotopic (exact) mass is 466 g/mol. The van der Waals surface area contributed by atoms with Gasteiger partial charge in [0, 0.05) is 17.8 Å². The maximum Gasteiger partial charge on any atom is 0.262 e. The van der Waals surface area contributed by atoms with E-state index in [-0.39, 0.29) is 12.1 Å². The summed E-state index contributed by atoms with van der Waals surface area (Å²) in [6, 6.07) is 39.9. The molecule has 0 unspecified atom stereocenters. The van der Waals surface area contributed by atoms with Gasteiger partial charge < -0.3 is 4.90 Å². The minimum Gasteiger partial charge on any atom is -0.342 e. The van der Waals surface area contributed by atoms with E-state index in [2.05, 4.69) is 65.6 Å². The first-order valence-electron chi connectivity index (χ1n) is 12.6. The molecule has 1 atom stereocenters. The second-order valence-corrected chi connectivity index (χ2v) is 9.67. The zero-order valence-electron chi connectivity index (χ0n) is 20.0. The number of benzene rings is 5. The predicted molar refractivity (Wildman–Crippen MR) is 146 cm³/mol. The van der Waals surface area contributed by atoms with Crippen molar-refractivity contribution in [2.24, 2.45) is 0 Å². The lowest BCUT2D eigenvalue weighted by atomic mass is 9.93. The van der Waals surface area contributed by atoms with Crippen molar-refractivity contribution in [1.29, 1.82) is 0 Å². The molecule has 0 aromatic heterocycles. The first-order chi connectivity index (χ1) is 17.8. The lowest BCUT2D eigenvalue weighted by molar-refractivity contribution is 0.0968. The number of aryl methyl sites for hydroxylation is 2. The third-order valence-electron chi connectivity index (χ3n) is 7.62. The second kappa shape index (κ2) is 8.39. The standard InChI is InChI=1S/C33H26N2O/c36-33-29-15-7-8-17-30(29)34(22-23-10-3-1-4-11-23)32(35(33)26-13-5-2-6-14-26)28-21-20-25-19-18-24-12-9-16-27(28)31(24)25/h1-17,20-21,32H,18-19,22H2/t32-/m0/s1. The Morgan fingerprint density at radius 3 is 2.17 bits per heavy atom. The molecule has 2 aliphatic rings. The summed E-state index contributed by atoms with van der Waals surface area (Å²) in [6.07, 6.45) is 1.89. The molecule has 0 fully saturated rings. The molecule has 0 N–H and O–H groups in total. The van der Waals surface area contributed by atoms with Gasteiger partial charge in [-0.2, -0.15) is 0 Å². The van der Waals surface area contributed by atoms with Crippen LogP contribution in [0.2, 0.25) is 0 Å². The normalized spacial score (nSPS) is 16.4. The van der Waals surface area contributed by atoms with E-state index in [1.165, 1.54) is 33.0 Å². The topological polar surface area (TPSA) is 23.6 Å². The van der Waals surface area contributed by atoms with Crippen LogP contribution in [0.3, 0.4) is 0 Å². The van der Waals surface area contributed by atoms with Crippen molar-refractivity contribution in [3.05, 3.63) is 143 Å². The van der Waals surface area contributed by atoms with Gasteiger partial charge >= 0.3 is 0 Å². The third-order valence-corrected chi connectivity index (χ3v) is 7.62. The van der Waals surface area contributed by atoms with Crippen LogP contribution in [0.5, 0.6) is 0 Å². The highest BCUT2D eigenvalue weighted by atomic mass is 16.2. The smallest absolute Gasteiger partial charge is 0.262 e. The summed E-state index contributed by atoms with van der Waals surface area (Å²) in [7, 11) is 0. The van der Waals surface area contributed by atoms with Crippen LogP contribution < -0.4 is 9.80 Å². The number of carbonyl (C=O) groups is 1. The van der Waals surface area contributed by atoms with E-state index >= 15 is 0 Å². The molecule has 7 rings (SSSR count). The Labute approximate surface area is 211 Å². The van der Waals surface area contributed by atoms with Gasteiger partial charge in [-0.1, -0.05) is 91.0 Å². The Balaban J connectivity index is 1.51. The molecule has 1 heterocycles. The largest absolute Gasteiger partial charge is 0.342 e. The molecule has 1 amide bonds. The van der Waals surface area contributed by atoms with E-state index in [0.717, 1.165) is 29.8 Å². The molecule has 0 saturated carbocycles. The van der Waals surface area contributed by atoms with Gasteiger partial charge in [-0.25, -0.2) is 0 Å². The van der Waals surface area contributed by atoms with Crippen LogP contribution in [0.15, 0.2) is 115 Å². The van der Waals surface area contributed by atoms with Crippen LogP contribution in [-0.4, -0.2) is 5.91 Å². The fourth-order valence-corrected chi connectivity index (χ4v) is 6.02. The Morgan fingerprint density at radius 2 is 1.36 bits per heavy atom. The van der Waals surface area contributed by atoms with E-state index in [4.69, 9.17) is 0 Å². The van der Waals surface area contributed by atoms with Gasteiger partial charge in [0.25, 0.3) is 5.91 Å². The van der Waals surface area contributed by atoms with Crippen LogP contribution in [0, 0.1) is 0 Å². The van der Waals surface area contributed by atoms with Gasteiger partial charge in [-0.05, 0) is 64.6 Å². The highest BCUT2D eigenvalue weighted by molar-refractivity contribution is 6.13. The van der Waals surface area contributed by atoms with Crippen molar-refractivity contribution < 1.29 is 4.79 Å². The van der Waals surface area contributed by atoms with Crippen molar-refractivity contribution >= 4 is 28.1 Å². The first kappa shape index (κ1) is 21.0. The lowest BCUT2D eigenvalue weighted by Gasteiger charge is -2.46. The molecule has 0 spiro atoms. The average Bonchev–Trinajstić information content (AvgIpc) is 3.36. The van der Waals surface area contributed by atoms with Gasteiger partial charge in [-0.15, -0.1) is 0 Å². The molecule has 1 aliphatic heterocycles. The van der Waals surface area contributed by atoms with Gasteiger partial charge in [0.05, 0.1) is 11.3 Å². The zero-order valence-corrected chi connectivity index (χ0v) is 20.0. The van der Waals surface area contributed by atoms with Crippen molar-refractivity contribution in [3.8, 4) is 0 Å². The molecule has 36 heavy (non-hydrogen) atoms. The Kier molecular flexibility index (Phi) is 4.88. The predicted octanol–water partition coefficient (Wildman–Crippen LogP) is 7.30. The van der Waals surface area contributed by atoms with Crippen molar-refractivity contribution in [3.63, 3.8) is 0 Å². The number of nitrogens with zero attached hydrogens (tertiary/aromatic N) is 2. The van der Waals surface area contributed by atoms with E-state index in [9.17, 15) is 4.79 Å². The Morgan fingerprint density at radius 1 is 0.667 bits per heavy atom. The maximum atomic E-state index is 14.2. The summed E-state index contributed by atoms with van der Waals surface area (Å²) in [5, 5.41) is 2.62. The van der Waals surface area contributed by atoms with Crippen molar-refractivity contribution in [1.82, 2.24) is 0 Å². The summed E-state index contributed by atoms with van der Waals surface area (Å²) in [5.74, 6) is 0.0364. The molecule has 3 heteroatoms. The quantitative estimate of drug-likeness (QED) is 0.277. The molecule has 0 saturated heterocycles. The van der Waals surface area contributed by atoms with Crippen LogP contribution in [0.1, 0.15) is 38.8 Å². The van der Waals surface area contributed by atoms with Crippen LogP contribution in [-0.2, 0) is 19.4 Å². The highest BCUT2D eigenvalue weighted by Crippen LogP contribution is 2.45. The van der Waals surface area contributed by atoms with E-state index in [1.807, 2.05) is 59.5 Å². The van der Waals surface area contributed by atoms with E-state index in [1.54, 1.807) is 0 Å². The number of para-hydroxylation sites is 2. The minimum atomic E-state index is -0.278. The summed E-state index contributed by atoms with van der Waals surface area (Å²) in [6.45, 7) is 0.696. The Bertz CT molecular complexity index is 1580. The van der Waals surface area contributed by atoms with Crippen molar-refractivity contribution in [2.75, 3.05) is 9.80 Å². The number of rotatable bonds is 4. The molecule has 174 valence electrons. The molecule has 5 aromatic rings. The Hall–Kier alpha value is -4.37. The lowest BCUT2D eigenvalue weighted by Crippen LogP contribution is -2.49. The molecule has 0 bridgehead atoms. The van der Waals surface area contributed by atoms with E-state index < -0.39 is 0 Å². The summed E-state index contributed by atoms with van der Waals surface area (Å²) in [5.41, 5.74) is 7.82. The minimum absolute atomic E-state index is 0.0364. The molecular weight excluding hydrogens is 440 g/mol. The molecule has 0 radical (unpaired) electrons. The maximum absolute atomic E-state index is 14.2. The summed E-state index contributed by atoms with van der Waals surface area (Å²) < 4.78 is 0. The van der Waals surface area contributed by atoms with E-state index in [0.29, 0.717) is 6.54 Å². The summed E-state index contributed by atoms with van der Waals surface area (Å²) in [4.78, 5) is 18.6. The van der Waals surface area contributed by atoms with Crippen LogP contribution in [0.25, 0.3) is 10.8 Å². The highest BCUT2D eigenvalue weighted by Gasteiger charge is 2.40. The number of hydrogen-bond donors (Lipinski definition) is 0. The number of anilines is 2. The summed E-state index contributed by atoms with van der Waals surface area (Å²) >= 11 is 0. The van der Waals surface area contributed by atoms with Crippen LogP contribution >= 0.6 is 0 Å². The number of amides is 1. The van der Waals surface area contributed by atoms with Gasteiger partial charge in [0.2, 0.25) is 0 Å². The zero-order chi connectivity index (χ0) is 24.1. The van der Waals surface area contributed by atoms with Gasteiger partial charge in [0.1, 0.15) is 6.17 Å². The SMILES string of the molecule is O=C1c2ccccc2N(Cc2ccccc2)[C@H](c2ccc3c4c(cccc24)CC3)N1c1ccccc1. The number of hydrogen-bond acceptors (Lipinski definition) is 2. The first-order valence-corrected chi connectivity index (χ1v) is 12.6. The molecule has 3 nitrogen and oxygen atoms in total. The number of fused-ring (bicyclic) bond motifs is 1.